The Morgan fingerprint density at radius 2 is 0.558 bits per heavy atom. The molecule has 0 atom stereocenters. The van der Waals surface area contributed by atoms with Crippen molar-refractivity contribution >= 4 is 76.4 Å². The zero-order valence-corrected chi connectivity index (χ0v) is 41.2. The van der Waals surface area contributed by atoms with Crippen molar-refractivity contribution in [1.82, 2.24) is 9.71 Å². The lowest BCUT2D eigenvalue weighted by molar-refractivity contribution is -0.0813. The third-order valence-corrected chi connectivity index (χ3v) is 38.4. The van der Waals surface area contributed by atoms with Gasteiger partial charge in [0.1, 0.15) is 16.5 Å². The average Bonchev–Trinajstić information content (AvgIpc) is 2.56. The molecule has 2 aliphatic rings. The molecular weight excluding hydrogens is 697 g/mol. The van der Waals surface area contributed by atoms with Crippen LogP contribution in [0.1, 0.15) is 13.8 Å². The normalized spacial score (nSPS) is 24.8. The number of hydrogen-bond acceptors (Lipinski definition) is 10. The van der Waals surface area contributed by atoms with Gasteiger partial charge in [-0.2, -0.15) is 5.06 Å². The molecule has 0 aliphatic carbocycles. The summed E-state index contributed by atoms with van der Waals surface area (Å²) in [5, 5.41) is 9.75. The van der Waals surface area contributed by atoms with Crippen molar-refractivity contribution in [3.05, 3.63) is 0 Å². The Balaban J connectivity index is 0. The Labute approximate surface area is 276 Å². The molecule has 2 heterocycles. The van der Waals surface area contributed by atoms with E-state index in [1.807, 2.05) is 13.8 Å². The molecule has 0 aromatic heterocycles. The summed E-state index contributed by atoms with van der Waals surface area (Å²) < 4.78 is 46.0. The summed E-state index contributed by atoms with van der Waals surface area (Å²) in [7, 11) is -16.0. The van der Waals surface area contributed by atoms with Crippen LogP contribution in [0.3, 0.4) is 0 Å². The Morgan fingerprint density at radius 3 is 0.605 bits per heavy atom. The molecule has 0 bridgehead atoms. The van der Waals surface area contributed by atoms with Crippen LogP contribution in [-0.4, -0.2) is 99.8 Å². The highest BCUT2D eigenvalue weighted by Crippen LogP contribution is 2.31. The highest BCUT2D eigenvalue weighted by Gasteiger charge is 2.51. The third kappa shape index (κ3) is 26.2. The molecule has 0 unspecified atom stereocenters. The highest BCUT2D eigenvalue weighted by molar-refractivity contribution is 6.93. The number of hydroxylamine groups is 2. The van der Waals surface area contributed by atoms with Crippen molar-refractivity contribution in [1.29, 1.82) is 0 Å². The van der Waals surface area contributed by atoms with Crippen molar-refractivity contribution in [2.24, 2.45) is 0 Å². The minimum atomic E-state index is -2.11. The van der Waals surface area contributed by atoms with Gasteiger partial charge >= 0.3 is 59.9 Å². The number of hydrogen-bond donors (Lipinski definition) is 2. The molecule has 2 fully saturated rings. The molecule has 0 amide bonds. The Hall–Kier alpha value is 1.55. The van der Waals surface area contributed by atoms with E-state index < -0.39 is 76.4 Å². The van der Waals surface area contributed by atoms with E-state index in [0.717, 1.165) is 13.1 Å². The summed E-state index contributed by atoms with van der Waals surface area (Å²) >= 11 is 0. The summed E-state index contributed by atoms with van der Waals surface area (Å²) in [6.45, 7) is 48.5. The van der Waals surface area contributed by atoms with E-state index in [2.05, 4.69) is 136 Å². The van der Waals surface area contributed by atoms with Crippen molar-refractivity contribution < 1.29 is 34.0 Å². The highest BCUT2D eigenvalue weighted by atomic mass is 28.5. The molecule has 0 spiro atoms. The van der Waals surface area contributed by atoms with Gasteiger partial charge in [0.2, 0.25) is 0 Å². The summed E-state index contributed by atoms with van der Waals surface area (Å²) in [4.78, 5) is 0. The van der Waals surface area contributed by atoms with Crippen LogP contribution in [-0.2, 0) is 28.8 Å². The van der Waals surface area contributed by atoms with E-state index in [1.165, 1.54) is 5.06 Å². The first kappa shape index (κ1) is 46.7. The van der Waals surface area contributed by atoms with Crippen LogP contribution in [0.15, 0.2) is 0 Å². The van der Waals surface area contributed by atoms with Crippen LogP contribution in [0.4, 0.5) is 0 Å². The maximum Gasteiger partial charge on any atom is 0.314 e. The van der Waals surface area contributed by atoms with Gasteiger partial charge in [-0.15, -0.1) is 0 Å². The van der Waals surface area contributed by atoms with E-state index in [4.69, 9.17) is 34.0 Å². The Morgan fingerprint density at radius 1 is 0.419 bits per heavy atom. The molecule has 0 saturated carbocycles. The first-order valence-electron chi connectivity index (χ1n) is 15.6. The molecule has 2 rings (SSSR count). The minimum Gasteiger partial charge on any atom is -0.416 e. The summed E-state index contributed by atoms with van der Waals surface area (Å²) in [5.41, 5.74) is 0. The molecule has 2 N–H and O–H groups in total. The zero-order chi connectivity index (χ0) is 35.1. The van der Waals surface area contributed by atoms with Gasteiger partial charge in [0.05, 0.1) is 0 Å². The first-order valence-corrected chi connectivity index (χ1v) is 42.3. The number of rotatable bonds is 4. The van der Waals surface area contributed by atoms with Crippen LogP contribution in [0, 0.1) is 0 Å². The zero-order valence-electron chi connectivity index (χ0n) is 32.2. The molecular formula is C24H72N2O8Si9. The Kier molecular flexibility index (Phi) is 18.2. The monoisotopic (exact) mass is 768 g/mol. The first-order chi connectivity index (χ1) is 18.5. The van der Waals surface area contributed by atoms with E-state index in [-0.39, 0.29) is 0 Å². The fourth-order valence-electron chi connectivity index (χ4n) is 5.64. The molecule has 19 heteroatoms. The topological polar surface area (TPSA) is 100 Å². The van der Waals surface area contributed by atoms with E-state index in [1.54, 1.807) is 0 Å². The molecule has 43 heavy (non-hydrogen) atoms. The van der Waals surface area contributed by atoms with E-state index >= 15 is 0 Å². The predicted molar refractivity (Wildman–Crippen MR) is 205 cm³/mol. The minimum absolute atomic E-state index is 0.719. The molecule has 262 valence electrons. The van der Waals surface area contributed by atoms with Gasteiger partial charge in [0, 0.05) is 13.1 Å². The molecule has 10 nitrogen and oxygen atoms in total. The van der Waals surface area contributed by atoms with E-state index in [9.17, 15) is 0 Å². The summed E-state index contributed by atoms with van der Waals surface area (Å²) in [6, 6.07) is 0. The van der Waals surface area contributed by atoms with E-state index in [0.29, 0.717) is 0 Å². The number of nitrogens with one attached hydrogen (secondary N) is 1. The fourth-order valence-corrected chi connectivity index (χ4v) is 51.6. The Bertz CT molecular complexity index is 701. The average molecular weight is 770 g/mol. The SMILES string of the molecule is CCN(O)CC.C[Si](C)(C)N[Si](C)(C)C.C[Si]1(C)O[Si](C)(C)O[Si](C)(C)O1.C[Si]1(C)O[Si](C)(C)O[Si](C)(C)O[Si](C)(C)O1. The van der Waals surface area contributed by atoms with Gasteiger partial charge in [-0.3, -0.25) is 0 Å². The predicted octanol–water partition coefficient (Wildman–Crippen LogP) is 7.99. The van der Waals surface area contributed by atoms with Crippen LogP contribution >= 0.6 is 0 Å². The quantitative estimate of drug-likeness (QED) is 0.216. The molecule has 2 saturated heterocycles. The second kappa shape index (κ2) is 16.8. The lowest BCUT2D eigenvalue weighted by atomic mass is 10.6. The molecule has 0 radical (unpaired) electrons. The smallest absolute Gasteiger partial charge is 0.314 e. The second-order valence-corrected chi connectivity index (χ2v) is 51.6. The summed E-state index contributed by atoms with van der Waals surface area (Å²) in [5.74, 6) is 0. The maximum absolute atomic E-state index is 8.50. The van der Waals surface area contributed by atoms with Crippen molar-refractivity contribution in [2.45, 2.75) is 145 Å². The molecule has 2 aliphatic heterocycles. The van der Waals surface area contributed by atoms with Crippen molar-refractivity contribution in [3.63, 3.8) is 0 Å². The van der Waals surface area contributed by atoms with Crippen LogP contribution in [0.25, 0.3) is 0 Å². The fraction of sp³-hybridized carbons (Fsp3) is 1.00. The van der Waals surface area contributed by atoms with Crippen molar-refractivity contribution in [3.8, 4) is 0 Å². The van der Waals surface area contributed by atoms with Gasteiger partial charge < -0.3 is 38.7 Å². The molecule has 0 aromatic rings. The largest absolute Gasteiger partial charge is 0.416 e. The second-order valence-electron chi connectivity index (χ2n) is 16.3. The van der Waals surface area contributed by atoms with Crippen LogP contribution in [0.2, 0.25) is 131 Å². The maximum atomic E-state index is 8.50. The third-order valence-electron chi connectivity index (χ3n) is 4.92. The lowest BCUT2D eigenvalue weighted by Crippen LogP contribution is -2.64. The van der Waals surface area contributed by atoms with Gasteiger partial charge in [-0.05, 0) is 91.7 Å². The lowest BCUT2D eigenvalue weighted by Gasteiger charge is -2.46. The van der Waals surface area contributed by atoms with Crippen LogP contribution in [0.5, 0.6) is 0 Å². The standard InChI is InChI=1S/C8H24O4Si4.C6H19NSi2.C6H18O3Si3.C4H11NO/c1-13(2)9-14(3,4)11-16(7,8)12-15(5,6)10-13;1-8(2,3)7-9(4,5)6;1-10(2)7-11(3,4)9-12(5,6)8-10;1-3-5(6)4-2/h1-8H3;7H,1-6H3;1-6H3;6H,3-4H2,1-2H3. The number of nitrogens with zero attached hydrogens (tertiary/aromatic N) is 1. The van der Waals surface area contributed by atoms with Gasteiger partial charge in [-0.25, -0.2) is 0 Å². The van der Waals surface area contributed by atoms with Crippen LogP contribution < -0.4 is 4.65 Å². The van der Waals surface area contributed by atoms with Gasteiger partial charge in [0.25, 0.3) is 0 Å². The molecule has 0 aromatic carbocycles. The van der Waals surface area contributed by atoms with Crippen molar-refractivity contribution in [2.75, 3.05) is 13.1 Å². The van der Waals surface area contributed by atoms with Gasteiger partial charge in [0.15, 0.2) is 0 Å². The van der Waals surface area contributed by atoms with Gasteiger partial charge in [-0.1, -0.05) is 53.1 Å². The summed E-state index contributed by atoms with van der Waals surface area (Å²) in [6.07, 6.45) is 0.